The van der Waals surface area contributed by atoms with E-state index in [4.69, 9.17) is 14.8 Å². The van der Waals surface area contributed by atoms with Crippen LogP contribution in [0.25, 0.3) is 0 Å². The fourth-order valence-electron chi connectivity index (χ4n) is 3.88. The van der Waals surface area contributed by atoms with Gasteiger partial charge in [0.25, 0.3) is 0 Å². The minimum absolute atomic E-state index is 0.369. The third-order valence-corrected chi connectivity index (χ3v) is 5.33. The van der Waals surface area contributed by atoms with Crippen LogP contribution in [-0.4, -0.2) is 33.0 Å². The summed E-state index contributed by atoms with van der Waals surface area (Å²) in [6, 6.07) is 4.13. The number of hydrogen-bond acceptors (Lipinski definition) is 4. The Bertz CT molecular complexity index is 643. The summed E-state index contributed by atoms with van der Waals surface area (Å²) in [5.74, 6) is 3.19. The fraction of sp³-hybridized carbons (Fsp3) is 0.632. The highest BCUT2D eigenvalue weighted by Gasteiger charge is 2.25. The molecule has 0 aromatic carbocycles. The Morgan fingerprint density at radius 2 is 1.92 bits per heavy atom. The van der Waals surface area contributed by atoms with E-state index in [1.165, 1.54) is 37.7 Å². The van der Waals surface area contributed by atoms with E-state index in [0.717, 1.165) is 50.2 Å². The van der Waals surface area contributed by atoms with Crippen LogP contribution in [0.4, 0.5) is 0 Å². The van der Waals surface area contributed by atoms with Gasteiger partial charge in [-0.25, -0.2) is 9.67 Å². The van der Waals surface area contributed by atoms with E-state index in [1.54, 1.807) is 0 Å². The van der Waals surface area contributed by atoms with Crippen molar-refractivity contribution in [2.75, 3.05) is 13.2 Å². The molecule has 1 aliphatic heterocycles. The Kier molecular flexibility index (Phi) is 4.88. The van der Waals surface area contributed by atoms with Crippen LogP contribution >= 0.6 is 0 Å². The van der Waals surface area contributed by atoms with Gasteiger partial charge in [-0.3, -0.25) is 4.98 Å². The van der Waals surface area contributed by atoms with Gasteiger partial charge in [0.1, 0.15) is 5.82 Å². The van der Waals surface area contributed by atoms with E-state index in [-0.39, 0.29) is 0 Å². The second kappa shape index (κ2) is 7.43. The van der Waals surface area contributed by atoms with E-state index in [2.05, 4.69) is 21.8 Å². The standard InChI is InChI=1S/C19H26N4O/c1-2-4-16(5-3-1)13-23-18(12-15-6-9-20-10-7-15)21-19(22-23)17-8-11-24-14-17/h6-7,9-10,16-17H,1-5,8,11-14H2/t17-/m0/s1. The second-order valence-corrected chi connectivity index (χ2v) is 7.17. The Hall–Kier alpha value is -1.75. The molecule has 1 saturated carbocycles. The van der Waals surface area contributed by atoms with E-state index >= 15 is 0 Å². The van der Waals surface area contributed by atoms with E-state index < -0.39 is 0 Å². The van der Waals surface area contributed by atoms with Crippen molar-refractivity contribution in [2.24, 2.45) is 5.92 Å². The summed E-state index contributed by atoms with van der Waals surface area (Å²) in [7, 11) is 0. The van der Waals surface area contributed by atoms with Gasteiger partial charge in [0.05, 0.1) is 6.61 Å². The zero-order valence-electron chi connectivity index (χ0n) is 14.2. The first-order valence-electron chi connectivity index (χ1n) is 9.29. The van der Waals surface area contributed by atoms with Crippen molar-refractivity contribution >= 4 is 0 Å². The Balaban J connectivity index is 1.56. The summed E-state index contributed by atoms with van der Waals surface area (Å²) in [4.78, 5) is 9.02. The lowest BCUT2D eigenvalue weighted by molar-refractivity contribution is 0.193. The average Bonchev–Trinajstić information content (AvgIpc) is 3.27. The molecule has 2 fully saturated rings. The Morgan fingerprint density at radius 1 is 1.08 bits per heavy atom. The van der Waals surface area contributed by atoms with Crippen LogP contribution in [0.5, 0.6) is 0 Å². The third kappa shape index (κ3) is 3.66. The van der Waals surface area contributed by atoms with Crippen LogP contribution in [0, 0.1) is 5.92 Å². The lowest BCUT2D eigenvalue weighted by atomic mass is 9.89. The molecule has 4 rings (SSSR count). The molecule has 2 aromatic rings. The molecule has 3 heterocycles. The number of nitrogens with zero attached hydrogens (tertiary/aromatic N) is 4. The van der Waals surface area contributed by atoms with Crippen LogP contribution in [-0.2, 0) is 17.7 Å². The molecule has 0 amide bonds. The Labute approximate surface area is 143 Å². The molecule has 128 valence electrons. The Morgan fingerprint density at radius 3 is 2.67 bits per heavy atom. The van der Waals surface area contributed by atoms with Crippen LogP contribution in [0.2, 0.25) is 0 Å². The van der Waals surface area contributed by atoms with Gasteiger partial charge in [-0.1, -0.05) is 19.3 Å². The molecule has 2 aromatic heterocycles. The van der Waals surface area contributed by atoms with Crippen LogP contribution < -0.4 is 0 Å². The minimum Gasteiger partial charge on any atom is -0.381 e. The van der Waals surface area contributed by atoms with Crippen LogP contribution in [0.15, 0.2) is 24.5 Å². The predicted octanol–water partition coefficient (Wildman–Crippen LogP) is 3.35. The molecule has 0 N–H and O–H groups in total. The van der Waals surface area contributed by atoms with Gasteiger partial charge in [0.2, 0.25) is 0 Å². The van der Waals surface area contributed by atoms with Crippen LogP contribution in [0.3, 0.4) is 0 Å². The summed E-state index contributed by atoms with van der Waals surface area (Å²) in [5, 5.41) is 4.89. The van der Waals surface area contributed by atoms with Crippen molar-refractivity contribution in [1.82, 2.24) is 19.7 Å². The molecule has 24 heavy (non-hydrogen) atoms. The van der Waals surface area contributed by atoms with Crippen LogP contribution in [0.1, 0.15) is 61.7 Å². The largest absolute Gasteiger partial charge is 0.381 e. The van der Waals surface area contributed by atoms with Crippen molar-refractivity contribution in [2.45, 2.75) is 57.4 Å². The summed E-state index contributed by atoms with van der Waals surface area (Å²) in [5.41, 5.74) is 1.25. The van der Waals surface area contributed by atoms with Gasteiger partial charge >= 0.3 is 0 Å². The molecule has 0 radical (unpaired) electrons. The first kappa shape index (κ1) is 15.8. The van der Waals surface area contributed by atoms with Crippen molar-refractivity contribution < 1.29 is 4.74 Å². The van der Waals surface area contributed by atoms with Crippen molar-refractivity contribution in [3.8, 4) is 0 Å². The normalized spacial score (nSPS) is 22.1. The van der Waals surface area contributed by atoms with E-state index in [1.807, 2.05) is 12.4 Å². The molecule has 5 nitrogen and oxygen atoms in total. The molecular formula is C19H26N4O. The zero-order chi connectivity index (χ0) is 16.2. The highest BCUT2D eigenvalue weighted by atomic mass is 16.5. The predicted molar refractivity (Wildman–Crippen MR) is 91.8 cm³/mol. The van der Waals surface area contributed by atoms with E-state index in [0.29, 0.717) is 5.92 Å². The minimum atomic E-state index is 0.369. The van der Waals surface area contributed by atoms with Crippen molar-refractivity contribution in [3.05, 3.63) is 41.7 Å². The number of aromatic nitrogens is 4. The van der Waals surface area contributed by atoms with Gasteiger partial charge in [-0.15, -0.1) is 0 Å². The summed E-state index contributed by atoms with van der Waals surface area (Å²) >= 11 is 0. The molecule has 1 aliphatic carbocycles. The molecule has 0 unspecified atom stereocenters. The highest BCUT2D eigenvalue weighted by molar-refractivity contribution is 5.16. The highest BCUT2D eigenvalue weighted by Crippen LogP contribution is 2.27. The molecule has 5 heteroatoms. The number of rotatable bonds is 5. The lowest BCUT2D eigenvalue weighted by Crippen LogP contribution is -2.17. The first-order chi connectivity index (χ1) is 11.9. The molecule has 2 aliphatic rings. The SMILES string of the molecule is c1cc(Cc2nc([C@H]3CCOC3)nn2CC2CCCCC2)ccn1. The summed E-state index contributed by atoms with van der Waals surface area (Å²) in [6.45, 7) is 2.62. The molecule has 0 bridgehead atoms. The monoisotopic (exact) mass is 326 g/mol. The van der Waals surface area contributed by atoms with E-state index in [9.17, 15) is 0 Å². The molecule has 0 spiro atoms. The number of hydrogen-bond donors (Lipinski definition) is 0. The second-order valence-electron chi connectivity index (χ2n) is 7.17. The quantitative estimate of drug-likeness (QED) is 0.845. The van der Waals surface area contributed by atoms with Crippen molar-refractivity contribution in [1.29, 1.82) is 0 Å². The van der Waals surface area contributed by atoms with Gasteiger partial charge in [-0.2, -0.15) is 5.10 Å². The smallest absolute Gasteiger partial charge is 0.156 e. The zero-order valence-corrected chi connectivity index (χ0v) is 14.2. The maximum Gasteiger partial charge on any atom is 0.156 e. The maximum atomic E-state index is 5.53. The number of pyridine rings is 1. The first-order valence-corrected chi connectivity index (χ1v) is 9.29. The van der Waals surface area contributed by atoms with Gasteiger partial charge in [0.15, 0.2) is 5.82 Å². The summed E-state index contributed by atoms with van der Waals surface area (Å²) < 4.78 is 7.72. The maximum absolute atomic E-state index is 5.53. The van der Waals surface area contributed by atoms with Gasteiger partial charge in [0, 0.05) is 37.9 Å². The third-order valence-electron chi connectivity index (χ3n) is 5.33. The number of ether oxygens (including phenoxy) is 1. The van der Waals surface area contributed by atoms with Gasteiger partial charge < -0.3 is 4.74 Å². The molecule has 1 saturated heterocycles. The fourth-order valence-corrected chi connectivity index (χ4v) is 3.88. The topological polar surface area (TPSA) is 52.8 Å². The van der Waals surface area contributed by atoms with Crippen molar-refractivity contribution in [3.63, 3.8) is 0 Å². The molecular weight excluding hydrogens is 300 g/mol. The summed E-state index contributed by atoms with van der Waals surface area (Å²) in [6.07, 6.45) is 12.4. The lowest BCUT2D eigenvalue weighted by Gasteiger charge is -2.21. The van der Waals surface area contributed by atoms with Gasteiger partial charge in [-0.05, 0) is 42.9 Å². The average molecular weight is 326 g/mol. The molecule has 1 atom stereocenters.